The van der Waals surface area contributed by atoms with Crippen LogP contribution in [0.25, 0.3) is 16.5 Å². The van der Waals surface area contributed by atoms with Crippen molar-refractivity contribution >= 4 is 28.3 Å². The molecule has 0 saturated carbocycles. The maximum Gasteiger partial charge on any atom is 0.340 e. The minimum atomic E-state index is -0.436. The summed E-state index contributed by atoms with van der Waals surface area (Å²) < 4.78 is 6.71. The molecule has 0 amide bonds. The molecule has 0 atom stereocenters. The molecule has 1 heterocycles. The van der Waals surface area contributed by atoms with E-state index >= 15 is 0 Å². The SMILES string of the molecule is CCOC(=O)c1c(C)n(-c2ccc(Cl)cc2)c(=O)c2ccccc12. The van der Waals surface area contributed by atoms with E-state index in [9.17, 15) is 9.59 Å². The summed E-state index contributed by atoms with van der Waals surface area (Å²) in [6.07, 6.45) is 0. The summed E-state index contributed by atoms with van der Waals surface area (Å²) in [6.45, 7) is 3.77. The Bertz CT molecular complexity index is 974. The summed E-state index contributed by atoms with van der Waals surface area (Å²) in [4.78, 5) is 25.4. The van der Waals surface area contributed by atoms with E-state index < -0.39 is 5.97 Å². The molecule has 4 nitrogen and oxygen atoms in total. The highest BCUT2D eigenvalue weighted by Crippen LogP contribution is 2.23. The molecule has 3 rings (SSSR count). The van der Waals surface area contributed by atoms with Gasteiger partial charge in [-0.25, -0.2) is 4.79 Å². The third-order valence-corrected chi connectivity index (χ3v) is 4.14. The maximum atomic E-state index is 12.9. The van der Waals surface area contributed by atoms with Gasteiger partial charge in [0, 0.05) is 27.2 Å². The predicted molar refractivity (Wildman–Crippen MR) is 95.2 cm³/mol. The Hall–Kier alpha value is -2.59. The third kappa shape index (κ3) is 2.69. The fraction of sp³-hybridized carbons (Fsp3) is 0.158. The molecule has 0 bridgehead atoms. The fourth-order valence-electron chi connectivity index (χ4n) is 2.83. The molecule has 122 valence electrons. The zero-order valence-electron chi connectivity index (χ0n) is 13.4. The van der Waals surface area contributed by atoms with Gasteiger partial charge in [0.05, 0.1) is 12.2 Å². The van der Waals surface area contributed by atoms with Crippen molar-refractivity contribution < 1.29 is 9.53 Å². The number of fused-ring (bicyclic) bond motifs is 1. The number of rotatable bonds is 3. The molecule has 0 spiro atoms. The van der Waals surface area contributed by atoms with E-state index in [1.807, 2.05) is 0 Å². The minimum absolute atomic E-state index is 0.182. The van der Waals surface area contributed by atoms with Gasteiger partial charge in [-0.15, -0.1) is 0 Å². The number of esters is 1. The van der Waals surface area contributed by atoms with E-state index in [4.69, 9.17) is 16.3 Å². The summed E-state index contributed by atoms with van der Waals surface area (Å²) in [5.74, 6) is -0.436. The van der Waals surface area contributed by atoms with Crippen molar-refractivity contribution in [2.75, 3.05) is 6.61 Å². The number of pyridine rings is 1. The number of carbonyl (C=O) groups is 1. The number of nitrogens with zero attached hydrogens (tertiary/aromatic N) is 1. The smallest absolute Gasteiger partial charge is 0.340 e. The molecule has 1 aromatic heterocycles. The molecule has 0 unspecified atom stereocenters. The lowest BCUT2D eigenvalue weighted by Crippen LogP contribution is -2.24. The van der Waals surface area contributed by atoms with Crippen LogP contribution in [-0.4, -0.2) is 17.1 Å². The van der Waals surface area contributed by atoms with Gasteiger partial charge in [0.1, 0.15) is 0 Å². The Balaban J connectivity index is 2.40. The summed E-state index contributed by atoms with van der Waals surface area (Å²) >= 11 is 5.94. The van der Waals surface area contributed by atoms with Crippen molar-refractivity contribution in [1.29, 1.82) is 0 Å². The monoisotopic (exact) mass is 341 g/mol. The van der Waals surface area contributed by atoms with Gasteiger partial charge < -0.3 is 4.74 Å². The van der Waals surface area contributed by atoms with Gasteiger partial charge in [0.15, 0.2) is 0 Å². The van der Waals surface area contributed by atoms with Gasteiger partial charge in [-0.2, -0.15) is 0 Å². The van der Waals surface area contributed by atoms with Crippen LogP contribution in [0, 0.1) is 6.92 Å². The number of halogens is 1. The summed E-state index contributed by atoms with van der Waals surface area (Å²) in [5.41, 5.74) is 1.41. The zero-order valence-corrected chi connectivity index (χ0v) is 14.1. The standard InChI is InChI=1S/C19H16ClNO3/c1-3-24-19(23)17-12(2)21(14-10-8-13(20)9-11-14)18(22)16-7-5-4-6-15(16)17/h4-11H,3H2,1-2H3. The number of benzene rings is 2. The van der Waals surface area contributed by atoms with Crippen LogP contribution in [0.1, 0.15) is 23.0 Å². The van der Waals surface area contributed by atoms with Crippen LogP contribution in [0.2, 0.25) is 5.02 Å². The molecule has 0 aliphatic carbocycles. The zero-order chi connectivity index (χ0) is 17.3. The van der Waals surface area contributed by atoms with Gasteiger partial charge >= 0.3 is 5.97 Å². The Morgan fingerprint density at radius 1 is 1.08 bits per heavy atom. The van der Waals surface area contributed by atoms with Crippen molar-refractivity contribution in [3.05, 3.63) is 75.2 Å². The maximum absolute atomic E-state index is 12.9. The molecule has 0 radical (unpaired) electrons. The van der Waals surface area contributed by atoms with Crippen molar-refractivity contribution in [2.24, 2.45) is 0 Å². The first-order chi connectivity index (χ1) is 11.5. The lowest BCUT2D eigenvalue weighted by Gasteiger charge is -2.16. The van der Waals surface area contributed by atoms with E-state index in [0.717, 1.165) is 0 Å². The number of aromatic nitrogens is 1. The van der Waals surface area contributed by atoms with Crippen molar-refractivity contribution in [1.82, 2.24) is 4.57 Å². The third-order valence-electron chi connectivity index (χ3n) is 3.89. The summed E-state index contributed by atoms with van der Waals surface area (Å²) in [7, 11) is 0. The second-order valence-corrected chi connectivity index (χ2v) is 5.78. The average Bonchev–Trinajstić information content (AvgIpc) is 2.57. The Kier molecular flexibility index (Phi) is 4.40. The Labute approximate surface area is 144 Å². The van der Waals surface area contributed by atoms with Crippen LogP contribution >= 0.6 is 11.6 Å². The van der Waals surface area contributed by atoms with Crippen LogP contribution in [-0.2, 0) is 4.74 Å². The Morgan fingerprint density at radius 2 is 1.71 bits per heavy atom. The van der Waals surface area contributed by atoms with E-state index in [-0.39, 0.29) is 12.2 Å². The van der Waals surface area contributed by atoms with E-state index in [1.165, 1.54) is 4.57 Å². The van der Waals surface area contributed by atoms with Crippen LogP contribution in [0.5, 0.6) is 0 Å². The van der Waals surface area contributed by atoms with Crippen molar-refractivity contribution in [3.63, 3.8) is 0 Å². The molecule has 24 heavy (non-hydrogen) atoms. The van der Waals surface area contributed by atoms with Gasteiger partial charge in [-0.3, -0.25) is 9.36 Å². The quantitative estimate of drug-likeness (QED) is 0.673. The Morgan fingerprint density at radius 3 is 2.33 bits per heavy atom. The molecular formula is C19H16ClNO3. The molecule has 0 N–H and O–H groups in total. The van der Waals surface area contributed by atoms with Crippen LogP contribution < -0.4 is 5.56 Å². The lowest BCUT2D eigenvalue weighted by atomic mass is 10.0. The van der Waals surface area contributed by atoms with Gasteiger partial charge in [-0.1, -0.05) is 29.8 Å². The number of ether oxygens (including phenoxy) is 1. The molecule has 0 aliphatic rings. The highest BCUT2D eigenvalue weighted by Gasteiger charge is 2.20. The summed E-state index contributed by atoms with van der Waals surface area (Å²) in [5, 5.41) is 1.65. The van der Waals surface area contributed by atoms with Crippen molar-refractivity contribution in [3.8, 4) is 5.69 Å². The average molecular weight is 342 g/mol. The van der Waals surface area contributed by atoms with E-state index in [2.05, 4.69) is 0 Å². The second kappa shape index (κ2) is 6.49. The molecular weight excluding hydrogens is 326 g/mol. The number of carbonyl (C=O) groups excluding carboxylic acids is 1. The van der Waals surface area contributed by atoms with Gasteiger partial charge in [0.2, 0.25) is 0 Å². The first-order valence-corrected chi connectivity index (χ1v) is 7.99. The molecule has 0 saturated heterocycles. The minimum Gasteiger partial charge on any atom is -0.462 e. The lowest BCUT2D eigenvalue weighted by molar-refractivity contribution is 0.0527. The summed E-state index contributed by atoms with van der Waals surface area (Å²) in [6, 6.07) is 14.0. The molecule has 3 aromatic rings. The first-order valence-electron chi connectivity index (χ1n) is 7.62. The second-order valence-electron chi connectivity index (χ2n) is 5.34. The topological polar surface area (TPSA) is 48.3 Å². The van der Waals surface area contributed by atoms with Crippen molar-refractivity contribution in [2.45, 2.75) is 13.8 Å². The largest absolute Gasteiger partial charge is 0.462 e. The molecule has 0 fully saturated rings. The predicted octanol–water partition coefficient (Wildman–Crippen LogP) is 4.13. The normalized spacial score (nSPS) is 10.8. The first kappa shape index (κ1) is 16.3. The fourth-order valence-corrected chi connectivity index (χ4v) is 2.96. The van der Waals surface area contributed by atoms with Gasteiger partial charge in [-0.05, 0) is 44.2 Å². The molecule has 2 aromatic carbocycles. The van der Waals surface area contributed by atoms with E-state index in [0.29, 0.717) is 32.7 Å². The highest BCUT2D eigenvalue weighted by atomic mass is 35.5. The van der Waals surface area contributed by atoms with Crippen LogP contribution in [0.3, 0.4) is 0 Å². The van der Waals surface area contributed by atoms with Crippen LogP contribution in [0.15, 0.2) is 53.3 Å². The van der Waals surface area contributed by atoms with Gasteiger partial charge in [0.25, 0.3) is 5.56 Å². The van der Waals surface area contributed by atoms with E-state index in [1.54, 1.807) is 62.4 Å². The highest BCUT2D eigenvalue weighted by molar-refractivity contribution is 6.30. The van der Waals surface area contributed by atoms with Crippen LogP contribution in [0.4, 0.5) is 0 Å². The molecule has 0 aliphatic heterocycles. The number of hydrogen-bond donors (Lipinski definition) is 0. The molecule has 5 heteroatoms. The number of hydrogen-bond acceptors (Lipinski definition) is 3.